The van der Waals surface area contributed by atoms with E-state index in [1.54, 1.807) is 26.0 Å². The predicted molar refractivity (Wildman–Crippen MR) is 119 cm³/mol. The number of hydrogen-bond acceptors (Lipinski definition) is 5. The van der Waals surface area contributed by atoms with Crippen molar-refractivity contribution in [3.63, 3.8) is 0 Å². The van der Waals surface area contributed by atoms with Crippen LogP contribution in [0.1, 0.15) is 32.3 Å². The molecule has 1 aliphatic carbocycles. The molecule has 0 heterocycles. The van der Waals surface area contributed by atoms with E-state index in [0.29, 0.717) is 18.0 Å². The first-order chi connectivity index (χ1) is 14.8. The van der Waals surface area contributed by atoms with E-state index in [-0.39, 0.29) is 23.0 Å². The number of ether oxygens (including phenoxy) is 1. The van der Waals surface area contributed by atoms with Gasteiger partial charge in [0.1, 0.15) is 5.75 Å². The molecule has 1 fully saturated rings. The Morgan fingerprint density at radius 2 is 1.90 bits per heavy atom. The maximum Gasteiger partial charge on any atom is 0.243 e. The summed E-state index contributed by atoms with van der Waals surface area (Å²) < 4.78 is 32.4. The quantitative estimate of drug-likeness (QED) is 0.609. The molecule has 0 atom stereocenters. The van der Waals surface area contributed by atoms with Gasteiger partial charge < -0.3 is 10.1 Å². The summed E-state index contributed by atoms with van der Waals surface area (Å²) in [6.07, 6.45) is 1.68. The van der Waals surface area contributed by atoms with Crippen molar-refractivity contribution < 1.29 is 17.9 Å². The zero-order chi connectivity index (χ0) is 22.6. The maximum absolute atomic E-state index is 13.0. The van der Waals surface area contributed by atoms with Crippen molar-refractivity contribution in [2.24, 2.45) is 0 Å². The van der Waals surface area contributed by atoms with E-state index in [0.717, 1.165) is 22.7 Å². The number of rotatable bonds is 9. The number of halogens is 1. The van der Waals surface area contributed by atoms with Gasteiger partial charge in [-0.2, -0.15) is 9.57 Å². The molecule has 1 N–H and O–H groups in total. The molecule has 9 heteroatoms. The number of nitrogens with zero attached hydrogens (tertiary/aromatic N) is 2. The van der Waals surface area contributed by atoms with E-state index in [9.17, 15) is 18.5 Å². The lowest BCUT2D eigenvalue weighted by molar-refractivity contribution is -0.116. The average Bonchev–Trinajstić information content (AvgIpc) is 3.55. The van der Waals surface area contributed by atoms with Gasteiger partial charge in [0.2, 0.25) is 15.9 Å². The molecular weight excluding hydrogens is 438 g/mol. The lowest BCUT2D eigenvalue weighted by atomic mass is 9.98. The second-order valence-electron chi connectivity index (χ2n) is 7.28. The van der Waals surface area contributed by atoms with Crippen LogP contribution in [0.15, 0.2) is 47.4 Å². The lowest BCUT2D eigenvalue weighted by Crippen LogP contribution is -2.37. The summed E-state index contributed by atoms with van der Waals surface area (Å²) in [5, 5.41) is 12.2. The van der Waals surface area contributed by atoms with Crippen molar-refractivity contribution in [2.75, 3.05) is 25.0 Å². The first-order valence-electron chi connectivity index (χ1n) is 10.00. The standard InChI is InChI=1S/C22H24ClN3O4S/c1-3-26(31(28,29)18-9-10-20(30-4-2)19(23)13-18)14-21(27)25-17-7-5-16(6-8-17)22(15-24)11-12-22/h5-10,13H,3-4,11-12,14H2,1-2H3,(H,25,27). The molecule has 1 amide bonds. The van der Waals surface area contributed by atoms with Crippen LogP contribution in [0.25, 0.3) is 0 Å². The van der Waals surface area contributed by atoms with E-state index in [1.165, 1.54) is 18.2 Å². The van der Waals surface area contributed by atoms with Gasteiger partial charge in [-0.3, -0.25) is 4.79 Å². The summed E-state index contributed by atoms with van der Waals surface area (Å²) in [6, 6.07) is 13.7. The first kappa shape index (κ1) is 23.1. The fourth-order valence-electron chi connectivity index (χ4n) is 3.25. The van der Waals surface area contributed by atoms with Gasteiger partial charge in [0.05, 0.1) is 34.6 Å². The molecule has 0 saturated heterocycles. The molecular formula is C22H24ClN3O4S. The highest BCUT2D eigenvalue weighted by molar-refractivity contribution is 7.89. The molecule has 164 valence electrons. The second kappa shape index (κ2) is 9.27. The molecule has 0 bridgehead atoms. The zero-order valence-electron chi connectivity index (χ0n) is 17.4. The number of likely N-dealkylation sites (N-methyl/N-ethyl adjacent to an activating group) is 1. The minimum absolute atomic E-state index is 0.00816. The third kappa shape index (κ3) is 5.01. The molecule has 2 aromatic carbocycles. The normalized spacial score (nSPS) is 14.7. The Labute approximate surface area is 187 Å². The van der Waals surface area contributed by atoms with E-state index in [2.05, 4.69) is 11.4 Å². The number of carbonyl (C=O) groups is 1. The van der Waals surface area contributed by atoms with Crippen LogP contribution in [0, 0.1) is 11.3 Å². The molecule has 1 aliphatic rings. The van der Waals surface area contributed by atoms with Gasteiger partial charge in [-0.15, -0.1) is 0 Å². The Hall–Kier alpha value is -2.60. The van der Waals surface area contributed by atoms with Crippen LogP contribution in [0.4, 0.5) is 5.69 Å². The minimum Gasteiger partial charge on any atom is -0.492 e. The van der Waals surface area contributed by atoms with E-state index < -0.39 is 21.3 Å². The number of hydrogen-bond donors (Lipinski definition) is 1. The SMILES string of the molecule is CCOc1ccc(S(=O)(=O)N(CC)CC(=O)Nc2ccc(C3(C#N)CC3)cc2)cc1Cl. The Bertz CT molecular complexity index is 1110. The highest BCUT2D eigenvalue weighted by Gasteiger charge is 2.44. The third-order valence-corrected chi connectivity index (χ3v) is 7.41. The van der Waals surface area contributed by atoms with Crippen molar-refractivity contribution in [1.82, 2.24) is 4.31 Å². The highest BCUT2D eigenvalue weighted by atomic mass is 35.5. The molecule has 0 aliphatic heterocycles. The van der Waals surface area contributed by atoms with Crippen LogP contribution >= 0.6 is 11.6 Å². The molecule has 0 radical (unpaired) electrons. The van der Waals surface area contributed by atoms with Gasteiger partial charge in [-0.25, -0.2) is 8.42 Å². The summed E-state index contributed by atoms with van der Waals surface area (Å²) in [5.74, 6) is -0.0617. The van der Waals surface area contributed by atoms with Gasteiger partial charge in [0, 0.05) is 12.2 Å². The Kier molecular flexibility index (Phi) is 6.90. The average molecular weight is 462 g/mol. The van der Waals surface area contributed by atoms with Crippen LogP contribution in [-0.4, -0.2) is 38.3 Å². The molecule has 0 spiro atoms. The Morgan fingerprint density at radius 3 is 2.42 bits per heavy atom. The van der Waals surface area contributed by atoms with Gasteiger partial charge in [0.25, 0.3) is 0 Å². The number of amides is 1. The monoisotopic (exact) mass is 461 g/mol. The fourth-order valence-corrected chi connectivity index (χ4v) is 4.99. The fraction of sp³-hybridized carbons (Fsp3) is 0.364. The van der Waals surface area contributed by atoms with E-state index in [1.807, 2.05) is 12.1 Å². The van der Waals surface area contributed by atoms with Crippen molar-refractivity contribution in [3.8, 4) is 11.8 Å². The summed E-state index contributed by atoms with van der Waals surface area (Å²) in [5.41, 5.74) is 1.08. The number of sulfonamides is 1. The van der Waals surface area contributed by atoms with Crippen molar-refractivity contribution in [2.45, 2.75) is 37.0 Å². The second-order valence-corrected chi connectivity index (χ2v) is 9.62. The van der Waals surface area contributed by atoms with Crippen LogP contribution in [0.3, 0.4) is 0 Å². The van der Waals surface area contributed by atoms with Crippen LogP contribution in [0.5, 0.6) is 5.75 Å². The number of anilines is 1. The zero-order valence-corrected chi connectivity index (χ0v) is 19.0. The Balaban J connectivity index is 1.69. The summed E-state index contributed by atoms with van der Waals surface area (Å²) >= 11 is 6.13. The van der Waals surface area contributed by atoms with Gasteiger partial charge in [0.15, 0.2) is 0 Å². The van der Waals surface area contributed by atoms with Gasteiger partial charge in [-0.05, 0) is 55.7 Å². The molecule has 3 rings (SSSR count). The topological polar surface area (TPSA) is 99.5 Å². The van der Waals surface area contributed by atoms with Gasteiger partial charge >= 0.3 is 0 Å². The first-order valence-corrected chi connectivity index (χ1v) is 11.8. The van der Waals surface area contributed by atoms with Crippen LogP contribution in [-0.2, 0) is 20.2 Å². The number of nitriles is 1. The Morgan fingerprint density at radius 1 is 1.23 bits per heavy atom. The molecule has 2 aromatic rings. The largest absolute Gasteiger partial charge is 0.492 e. The summed E-state index contributed by atoms with van der Waals surface area (Å²) in [4.78, 5) is 12.5. The lowest BCUT2D eigenvalue weighted by Gasteiger charge is -2.20. The number of nitrogens with one attached hydrogen (secondary N) is 1. The highest BCUT2D eigenvalue weighted by Crippen LogP contribution is 2.47. The van der Waals surface area contributed by atoms with Crippen molar-refractivity contribution >= 4 is 33.2 Å². The van der Waals surface area contributed by atoms with Crippen molar-refractivity contribution in [1.29, 1.82) is 5.26 Å². The van der Waals surface area contributed by atoms with E-state index >= 15 is 0 Å². The van der Waals surface area contributed by atoms with Crippen molar-refractivity contribution in [3.05, 3.63) is 53.1 Å². The molecule has 0 aromatic heterocycles. The minimum atomic E-state index is -3.92. The molecule has 7 nitrogen and oxygen atoms in total. The smallest absolute Gasteiger partial charge is 0.243 e. The predicted octanol–water partition coefficient (Wildman–Crippen LogP) is 3.94. The molecule has 0 unspecified atom stereocenters. The van der Waals surface area contributed by atoms with Crippen LogP contribution < -0.4 is 10.1 Å². The molecule has 1 saturated carbocycles. The summed E-state index contributed by atoms with van der Waals surface area (Å²) in [6.45, 7) is 3.65. The summed E-state index contributed by atoms with van der Waals surface area (Å²) in [7, 11) is -3.92. The third-order valence-electron chi connectivity index (χ3n) is 5.20. The number of benzene rings is 2. The maximum atomic E-state index is 13.0. The van der Waals surface area contributed by atoms with Crippen LogP contribution in [0.2, 0.25) is 5.02 Å². The van der Waals surface area contributed by atoms with E-state index in [4.69, 9.17) is 16.3 Å². The molecule has 31 heavy (non-hydrogen) atoms. The van der Waals surface area contributed by atoms with Gasteiger partial charge in [-0.1, -0.05) is 30.7 Å². The number of carbonyl (C=O) groups excluding carboxylic acids is 1.